The van der Waals surface area contributed by atoms with Crippen LogP contribution in [0.3, 0.4) is 0 Å². The Hall–Kier alpha value is -2.07. The molecule has 0 saturated carbocycles. The number of anilines is 1. The van der Waals surface area contributed by atoms with E-state index >= 15 is 0 Å². The fourth-order valence-corrected chi connectivity index (χ4v) is 3.47. The van der Waals surface area contributed by atoms with Gasteiger partial charge in [-0.15, -0.1) is 0 Å². The topological polar surface area (TPSA) is 97.6 Å². The Kier molecular flexibility index (Phi) is 3.93. The molecule has 1 atom stereocenters. The monoisotopic (exact) mass is 392 g/mol. The van der Waals surface area contributed by atoms with Crippen molar-refractivity contribution in [3.05, 3.63) is 22.6 Å². The van der Waals surface area contributed by atoms with E-state index in [4.69, 9.17) is 4.74 Å². The number of fused-ring (bicyclic) bond motifs is 1. The first-order chi connectivity index (χ1) is 11.7. The van der Waals surface area contributed by atoms with Crippen LogP contribution >= 0.6 is 15.9 Å². The number of hydrogen-bond acceptors (Lipinski definition) is 7. The zero-order valence-corrected chi connectivity index (χ0v) is 15.0. The molecule has 10 heteroatoms. The molecular weight excluding hydrogens is 376 g/mol. The van der Waals surface area contributed by atoms with Crippen molar-refractivity contribution in [1.29, 1.82) is 0 Å². The van der Waals surface area contributed by atoms with Crippen LogP contribution in [0.15, 0.2) is 10.9 Å². The van der Waals surface area contributed by atoms with Crippen molar-refractivity contribution in [3.63, 3.8) is 0 Å². The van der Waals surface area contributed by atoms with E-state index in [9.17, 15) is 0 Å². The molecule has 1 aliphatic rings. The highest BCUT2D eigenvalue weighted by molar-refractivity contribution is 9.10. The first-order valence-corrected chi connectivity index (χ1v) is 8.57. The minimum atomic E-state index is -0.184. The van der Waals surface area contributed by atoms with Crippen molar-refractivity contribution >= 4 is 32.8 Å². The lowest BCUT2D eigenvalue weighted by Crippen LogP contribution is -2.39. The Morgan fingerprint density at radius 1 is 1.42 bits per heavy atom. The minimum Gasteiger partial charge on any atom is -0.366 e. The molecule has 126 valence electrons. The Balaban J connectivity index is 1.67. The molecule has 1 N–H and O–H groups in total. The van der Waals surface area contributed by atoms with Crippen LogP contribution in [0.4, 0.5) is 5.82 Å². The van der Waals surface area contributed by atoms with Gasteiger partial charge in [-0.05, 0) is 15.9 Å². The van der Waals surface area contributed by atoms with Gasteiger partial charge in [0.25, 0.3) is 0 Å². The van der Waals surface area contributed by atoms with Gasteiger partial charge in [-0.25, -0.2) is 19.6 Å². The first-order valence-electron chi connectivity index (χ1n) is 7.78. The van der Waals surface area contributed by atoms with Gasteiger partial charge in [-0.2, -0.15) is 10.2 Å². The fraction of sp³-hybridized carbons (Fsp3) is 0.500. The van der Waals surface area contributed by atoms with E-state index < -0.39 is 0 Å². The number of aromatic nitrogens is 7. The van der Waals surface area contributed by atoms with Gasteiger partial charge in [0.2, 0.25) is 0 Å². The number of rotatable bonds is 3. The Labute approximate surface area is 146 Å². The molecule has 1 aliphatic heterocycles. The highest BCUT2D eigenvalue weighted by atomic mass is 79.9. The molecule has 9 nitrogen and oxygen atoms in total. The smallest absolute Gasteiger partial charge is 0.181 e. The summed E-state index contributed by atoms with van der Waals surface area (Å²) in [5, 5.41) is 12.5. The van der Waals surface area contributed by atoms with Gasteiger partial charge < -0.3 is 9.64 Å². The average molecular weight is 393 g/mol. The van der Waals surface area contributed by atoms with Gasteiger partial charge in [0.05, 0.1) is 18.5 Å². The standard InChI is InChI=1S/C14H17BrN8O/c1-3-9-18-12(20-19-9)8-6-23(4-5-24-8)14-10-11(15)21-22(2)13(10)16-7-17-14/h7-8H,3-6H2,1-2H3,(H,18,19,20). The molecule has 1 fully saturated rings. The number of aromatic amines is 1. The van der Waals surface area contributed by atoms with Crippen molar-refractivity contribution in [2.75, 3.05) is 24.6 Å². The summed E-state index contributed by atoms with van der Waals surface area (Å²) in [6, 6.07) is 0. The Morgan fingerprint density at radius 3 is 3.08 bits per heavy atom. The van der Waals surface area contributed by atoms with E-state index in [1.807, 2.05) is 14.0 Å². The first kappa shape index (κ1) is 15.5. The van der Waals surface area contributed by atoms with Crippen LogP contribution < -0.4 is 4.90 Å². The molecule has 0 radical (unpaired) electrons. The lowest BCUT2D eigenvalue weighted by Gasteiger charge is -2.32. The molecule has 4 rings (SSSR count). The summed E-state index contributed by atoms with van der Waals surface area (Å²) in [4.78, 5) is 15.5. The summed E-state index contributed by atoms with van der Waals surface area (Å²) in [5.74, 6) is 2.40. The third kappa shape index (κ3) is 2.55. The molecule has 0 amide bonds. The lowest BCUT2D eigenvalue weighted by molar-refractivity contribution is 0.0340. The summed E-state index contributed by atoms with van der Waals surface area (Å²) in [6.07, 6.45) is 2.20. The van der Waals surface area contributed by atoms with Crippen molar-refractivity contribution in [2.24, 2.45) is 7.05 Å². The molecule has 4 heterocycles. The van der Waals surface area contributed by atoms with Gasteiger partial charge in [0, 0.05) is 20.0 Å². The number of nitrogens with zero attached hydrogens (tertiary/aromatic N) is 7. The SMILES string of the molecule is CCc1nc(C2CN(c3ncnc4c3c(Br)nn4C)CCO2)n[nH]1. The maximum absolute atomic E-state index is 5.86. The predicted molar refractivity (Wildman–Crippen MR) is 90.7 cm³/mol. The number of nitrogens with one attached hydrogen (secondary N) is 1. The molecule has 0 spiro atoms. The fourth-order valence-electron chi connectivity index (χ4n) is 2.88. The van der Waals surface area contributed by atoms with Crippen LogP contribution in [0.1, 0.15) is 24.7 Å². The molecular formula is C14H17BrN8O. The highest BCUT2D eigenvalue weighted by Crippen LogP contribution is 2.32. The third-order valence-electron chi connectivity index (χ3n) is 4.10. The Bertz CT molecular complexity index is 875. The number of H-pyrrole nitrogens is 1. The summed E-state index contributed by atoms with van der Waals surface area (Å²) in [7, 11) is 1.87. The van der Waals surface area contributed by atoms with Crippen LogP contribution in [0.5, 0.6) is 0 Å². The van der Waals surface area contributed by atoms with E-state index in [-0.39, 0.29) is 6.10 Å². The summed E-state index contributed by atoms with van der Waals surface area (Å²) < 4.78 is 8.34. The van der Waals surface area contributed by atoms with Crippen LogP contribution in [0.2, 0.25) is 0 Å². The summed E-state index contributed by atoms with van der Waals surface area (Å²) in [6.45, 7) is 4.00. The molecule has 3 aromatic heterocycles. The van der Waals surface area contributed by atoms with Gasteiger partial charge in [0.15, 0.2) is 11.5 Å². The highest BCUT2D eigenvalue weighted by Gasteiger charge is 2.28. The maximum atomic E-state index is 5.86. The normalized spacial score (nSPS) is 18.5. The van der Waals surface area contributed by atoms with E-state index in [1.165, 1.54) is 0 Å². The maximum Gasteiger partial charge on any atom is 0.181 e. The van der Waals surface area contributed by atoms with Crippen LogP contribution in [0, 0.1) is 0 Å². The van der Waals surface area contributed by atoms with E-state index in [0.717, 1.165) is 40.2 Å². The molecule has 1 saturated heterocycles. The third-order valence-corrected chi connectivity index (χ3v) is 4.65. The van der Waals surface area contributed by atoms with E-state index in [0.29, 0.717) is 19.0 Å². The minimum absolute atomic E-state index is 0.184. The average Bonchev–Trinajstić information content (AvgIpc) is 3.20. The van der Waals surface area contributed by atoms with Crippen LogP contribution in [0.25, 0.3) is 11.0 Å². The van der Waals surface area contributed by atoms with E-state index in [1.54, 1.807) is 11.0 Å². The second-order valence-electron chi connectivity index (χ2n) is 5.61. The molecule has 0 aliphatic carbocycles. The van der Waals surface area contributed by atoms with Gasteiger partial charge in [-0.3, -0.25) is 5.10 Å². The number of morpholine rings is 1. The molecule has 0 aromatic carbocycles. The van der Waals surface area contributed by atoms with Crippen LogP contribution in [-0.2, 0) is 18.2 Å². The van der Waals surface area contributed by atoms with Gasteiger partial charge in [0.1, 0.15) is 28.7 Å². The summed E-state index contributed by atoms with van der Waals surface area (Å²) >= 11 is 3.51. The number of aryl methyl sites for hydroxylation is 2. The second-order valence-corrected chi connectivity index (χ2v) is 6.36. The van der Waals surface area contributed by atoms with Crippen LogP contribution in [-0.4, -0.2) is 54.6 Å². The predicted octanol–water partition coefficient (Wildman–Crippen LogP) is 1.38. The lowest BCUT2D eigenvalue weighted by atomic mass is 10.2. The number of hydrogen-bond donors (Lipinski definition) is 1. The quantitative estimate of drug-likeness (QED) is 0.718. The molecule has 24 heavy (non-hydrogen) atoms. The number of ether oxygens (including phenoxy) is 1. The van der Waals surface area contributed by atoms with Gasteiger partial charge >= 0.3 is 0 Å². The van der Waals surface area contributed by atoms with Crippen molar-refractivity contribution in [2.45, 2.75) is 19.4 Å². The van der Waals surface area contributed by atoms with Gasteiger partial charge in [-0.1, -0.05) is 6.92 Å². The van der Waals surface area contributed by atoms with Crippen molar-refractivity contribution < 1.29 is 4.74 Å². The number of halogens is 1. The molecule has 3 aromatic rings. The molecule has 0 bridgehead atoms. The zero-order chi connectivity index (χ0) is 16.7. The van der Waals surface area contributed by atoms with Crippen molar-refractivity contribution in [1.82, 2.24) is 34.9 Å². The van der Waals surface area contributed by atoms with E-state index in [2.05, 4.69) is 51.1 Å². The zero-order valence-electron chi connectivity index (χ0n) is 13.4. The summed E-state index contributed by atoms with van der Waals surface area (Å²) in [5.41, 5.74) is 0.793. The largest absolute Gasteiger partial charge is 0.366 e. The molecule has 1 unspecified atom stereocenters. The Morgan fingerprint density at radius 2 is 2.29 bits per heavy atom. The van der Waals surface area contributed by atoms with Crippen molar-refractivity contribution in [3.8, 4) is 0 Å². The second kappa shape index (κ2) is 6.10.